The van der Waals surface area contributed by atoms with Crippen molar-refractivity contribution in [2.75, 3.05) is 13.7 Å². The van der Waals surface area contributed by atoms with Gasteiger partial charge in [-0.05, 0) is 33.4 Å². The fourth-order valence-corrected chi connectivity index (χ4v) is 2.73. The molecule has 2 rings (SSSR count). The first-order valence-corrected chi connectivity index (χ1v) is 7.49. The van der Waals surface area contributed by atoms with Crippen LogP contribution in [0, 0.1) is 13.8 Å². The molecular weight excluding hydrogens is 262 g/mol. The van der Waals surface area contributed by atoms with Crippen molar-refractivity contribution in [3.63, 3.8) is 0 Å². The molecule has 4 nitrogen and oxygen atoms in total. The summed E-state index contributed by atoms with van der Waals surface area (Å²) in [6, 6.07) is 8.32. The normalized spacial score (nSPS) is 12.4. The largest absolute Gasteiger partial charge is 0.493 e. The maximum absolute atomic E-state index is 5.91. The smallest absolute Gasteiger partial charge is 0.124 e. The Morgan fingerprint density at radius 1 is 1.29 bits per heavy atom. The molecule has 0 saturated carbocycles. The lowest BCUT2D eigenvalue weighted by molar-refractivity contribution is 0.312. The summed E-state index contributed by atoms with van der Waals surface area (Å²) >= 11 is 0. The summed E-state index contributed by atoms with van der Waals surface area (Å²) in [6.45, 7) is 7.02. The van der Waals surface area contributed by atoms with Gasteiger partial charge < -0.3 is 10.1 Å². The third-order valence-electron chi connectivity index (χ3n) is 3.83. The minimum Gasteiger partial charge on any atom is -0.493 e. The van der Waals surface area contributed by atoms with E-state index in [1.54, 1.807) is 0 Å². The molecule has 0 radical (unpaired) electrons. The van der Waals surface area contributed by atoms with Crippen molar-refractivity contribution in [3.8, 4) is 5.75 Å². The van der Waals surface area contributed by atoms with Crippen LogP contribution in [0.5, 0.6) is 5.75 Å². The quantitative estimate of drug-likeness (QED) is 0.887. The van der Waals surface area contributed by atoms with Crippen LogP contribution in [0.4, 0.5) is 0 Å². The van der Waals surface area contributed by atoms with Crippen LogP contribution in [0.25, 0.3) is 0 Å². The monoisotopic (exact) mass is 287 g/mol. The zero-order valence-corrected chi connectivity index (χ0v) is 13.6. The Morgan fingerprint density at radius 3 is 2.57 bits per heavy atom. The van der Waals surface area contributed by atoms with Gasteiger partial charge in [-0.3, -0.25) is 4.68 Å². The molecule has 1 atom stereocenters. The van der Waals surface area contributed by atoms with Crippen molar-refractivity contribution in [2.45, 2.75) is 33.2 Å². The molecule has 0 aliphatic heterocycles. The number of ether oxygens (including phenoxy) is 1. The molecular formula is C17H25N3O. The van der Waals surface area contributed by atoms with E-state index in [4.69, 9.17) is 4.74 Å². The Hall–Kier alpha value is -1.81. The van der Waals surface area contributed by atoms with Crippen LogP contribution in [-0.2, 0) is 7.05 Å². The lowest BCUT2D eigenvalue weighted by Gasteiger charge is -2.21. The van der Waals surface area contributed by atoms with E-state index in [1.165, 1.54) is 11.3 Å². The molecule has 114 valence electrons. The number of aromatic nitrogens is 2. The van der Waals surface area contributed by atoms with Gasteiger partial charge in [-0.2, -0.15) is 5.10 Å². The molecule has 2 aromatic rings. The van der Waals surface area contributed by atoms with Gasteiger partial charge in [0.1, 0.15) is 5.75 Å². The maximum atomic E-state index is 5.91. The van der Waals surface area contributed by atoms with E-state index in [1.807, 2.05) is 30.9 Å². The van der Waals surface area contributed by atoms with Gasteiger partial charge in [-0.1, -0.05) is 25.1 Å². The second-order valence-electron chi connectivity index (χ2n) is 5.32. The predicted octanol–water partition coefficient (Wildman–Crippen LogP) is 3.13. The van der Waals surface area contributed by atoms with Gasteiger partial charge in [-0.25, -0.2) is 0 Å². The van der Waals surface area contributed by atoms with E-state index in [0.29, 0.717) is 0 Å². The Bertz CT molecular complexity index is 604. The van der Waals surface area contributed by atoms with Crippen LogP contribution in [0.2, 0.25) is 0 Å². The molecule has 4 heteroatoms. The van der Waals surface area contributed by atoms with Crippen LogP contribution in [-0.4, -0.2) is 23.4 Å². The minimum atomic E-state index is 0.0896. The highest BCUT2D eigenvalue weighted by atomic mass is 16.5. The number of hydrogen-bond donors (Lipinski definition) is 1. The topological polar surface area (TPSA) is 39.1 Å². The molecule has 0 bridgehead atoms. The SMILES string of the molecule is CCCOc1ccccc1C(NC)c1c(C)nn(C)c1C. The van der Waals surface area contributed by atoms with E-state index in [-0.39, 0.29) is 6.04 Å². The van der Waals surface area contributed by atoms with E-state index in [0.717, 1.165) is 30.0 Å². The van der Waals surface area contributed by atoms with Gasteiger partial charge in [0.15, 0.2) is 0 Å². The number of rotatable bonds is 6. The maximum Gasteiger partial charge on any atom is 0.124 e. The number of benzene rings is 1. The first-order valence-electron chi connectivity index (χ1n) is 7.49. The summed E-state index contributed by atoms with van der Waals surface area (Å²) in [5.74, 6) is 0.946. The molecule has 0 aliphatic rings. The highest BCUT2D eigenvalue weighted by Crippen LogP contribution is 2.32. The lowest BCUT2D eigenvalue weighted by atomic mass is 9.96. The van der Waals surface area contributed by atoms with Crippen molar-refractivity contribution < 1.29 is 4.74 Å². The minimum absolute atomic E-state index is 0.0896. The third kappa shape index (κ3) is 3.10. The highest BCUT2D eigenvalue weighted by molar-refractivity contribution is 5.44. The Kier molecular flexibility index (Phi) is 5.02. The molecule has 0 spiro atoms. The predicted molar refractivity (Wildman–Crippen MR) is 85.8 cm³/mol. The second kappa shape index (κ2) is 6.76. The Balaban J connectivity index is 2.46. The summed E-state index contributed by atoms with van der Waals surface area (Å²) in [5, 5.41) is 7.95. The molecule has 1 heterocycles. The summed E-state index contributed by atoms with van der Waals surface area (Å²) < 4.78 is 7.84. The Labute approximate surface area is 127 Å². The van der Waals surface area contributed by atoms with Crippen molar-refractivity contribution >= 4 is 0 Å². The highest BCUT2D eigenvalue weighted by Gasteiger charge is 2.23. The van der Waals surface area contributed by atoms with Crippen molar-refractivity contribution in [1.82, 2.24) is 15.1 Å². The summed E-state index contributed by atoms with van der Waals surface area (Å²) in [7, 11) is 3.96. The Morgan fingerprint density at radius 2 is 2.00 bits per heavy atom. The molecule has 1 aromatic carbocycles. The van der Waals surface area contributed by atoms with Crippen LogP contribution in [0.15, 0.2) is 24.3 Å². The molecule has 21 heavy (non-hydrogen) atoms. The zero-order chi connectivity index (χ0) is 15.4. The number of para-hydroxylation sites is 1. The number of nitrogens with one attached hydrogen (secondary N) is 1. The summed E-state index contributed by atoms with van der Waals surface area (Å²) in [4.78, 5) is 0. The van der Waals surface area contributed by atoms with Crippen LogP contribution < -0.4 is 10.1 Å². The summed E-state index contributed by atoms with van der Waals surface area (Å²) in [5.41, 5.74) is 4.62. The van der Waals surface area contributed by atoms with Gasteiger partial charge in [0.25, 0.3) is 0 Å². The van der Waals surface area contributed by atoms with Gasteiger partial charge >= 0.3 is 0 Å². The fourth-order valence-electron chi connectivity index (χ4n) is 2.73. The molecule has 1 N–H and O–H groups in total. The second-order valence-corrected chi connectivity index (χ2v) is 5.32. The molecule has 0 saturated heterocycles. The average Bonchev–Trinajstić information content (AvgIpc) is 2.73. The third-order valence-corrected chi connectivity index (χ3v) is 3.83. The number of nitrogens with zero attached hydrogens (tertiary/aromatic N) is 2. The van der Waals surface area contributed by atoms with Gasteiger partial charge in [0, 0.05) is 23.9 Å². The van der Waals surface area contributed by atoms with Crippen LogP contribution in [0.1, 0.15) is 41.9 Å². The molecule has 0 amide bonds. The lowest BCUT2D eigenvalue weighted by Crippen LogP contribution is -2.20. The van der Waals surface area contributed by atoms with Crippen molar-refractivity contribution in [2.24, 2.45) is 7.05 Å². The van der Waals surface area contributed by atoms with Crippen LogP contribution in [0.3, 0.4) is 0 Å². The van der Waals surface area contributed by atoms with Gasteiger partial charge in [0.2, 0.25) is 0 Å². The van der Waals surface area contributed by atoms with Crippen molar-refractivity contribution in [1.29, 1.82) is 0 Å². The first kappa shape index (κ1) is 15.6. The summed E-state index contributed by atoms with van der Waals surface area (Å²) in [6.07, 6.45) is 1.00. The first-order chi connectivity index (χ1) is 10.1. The zero-order valence-electron chi connectivity index (χ0n) is 13.6. The van der Waals surface area contributed by atoms with E-state index in [2.05, 4.69) is 43.3 Å². The number of hydrogen-bond acceptors (Lipinski definition) is 3. The molecule has 1 aromatic heterocycles. The molecule has 0 fully saturated rings. The van der Waals surface area contributed by atoms with Crippen LogP contribution >= 0.6 is 0 Å². The van der Waals surface area contributed by atoms with E-state index < -0.39 is 0 Å². The van der Waals surface area contributed by atoms with E-state index >= 15 is 0 Å². The van der Waals surface area contributed by atoms with Gasteiger partial charge in [-0.15, -0.1) is 0 Å². The van der Waals surface area contributed by atoms with E-state index in [9.17, 15) is 0 Å². The fraction of sp³-hybridized carbons (Fsp3) is 0.471. The number of aryl methyl sites for hydroxylation is 2. The van der Waals surface area contributed by atoms with Gasteiger partial charge in [0.05, 0.1) is 18.3 Å². The standard InChI is InChI=1S/C17H25N3O/c1-6-11-21-15-10-8-7-9-14(15)17(18-4)16-12(2)19-20(5)13(16)3/h7-10,17-18H,6,11H2,1-5H3. The van der Waals surface area contributed by atoms with Crippen molar-refractivity contribution in [3.05, 3.63) is 46.8 Å². The molecule has 1 unspecified atom stereocenters. The average molecular weight is 287 g/mol. The molecule has 0 aliphatic carbocycles.